The number of anilines is 3. The summed E-state index contributed by atoms with van der Waals surface area (Å²) in [4.78, 5) is 126. The van der Waals surface area contributed by atoms with Gasteiger partial charge in [0, 0.05) is 69.0 Å². The number of nitro benzene ring substituents is 3. The Morgan fingerprint density at radius 2 is 0.777 bits per heavy atom. The second-order valence-corrected chi connectivity index (χ2v) is 34.3. The van der Waals surface area contributed by atoms with E-state index in [9.17, 15) is 131 Å². The number of benzene rings is 7. The van der Waals surface area contributed by atoms with Crippen LogP contribution in [0.5, 0.6) is 40.2 Å². The quantitative estimate of drug-likeness (QED) is 0.0145. The van der Waals surface area contributed by atoms with Gasteiger partial charge in [-0.3, -0.25) is 49.6 Å². The number of fused-ring (bicyclic) bond motifs is 6. The molecule has 7 aromatic carbocycles. The van der Waals surface area contributed by atoms with E-state index in [0.29, 0.717) is 74.2 Å². The van der Waals surface area contributed by atoms with Crippen LogP contribution in [0.1, 0.15) is 109 Å². The maximum absolute atomic E-state index is 14.2. The van der Waals surface area contributed by atoms with Gasteiger partial charge in [-0.1, -0.05) is 48.5 Å². The molecule has 20 atom stereocenters. The number of rotatable bonds is 28. The highest BCUT2D eigenvalue weighted by Crippen LogP contribution is 2.46. The predicted octanol–water partition coefficient (Wildman–Crippen LogP) is 2.61. The number of hydrogen-bond acceptors (Lipinski definition) is 39. The highest BCUT2D eigenvalue weighted by Gasteiger charge is 2.52. The van der Waals surface area contributed by atoms with Gasteiger partial charge in [-0.15, -0.1) is 0 Å². The average molecular weight is 1950 g/mol. The molecule has 14 N–H and O–H groups in total. The maximum Gasteiger partial charge on any atom is 0.416 e. The lowest BCUT2D eigenvalue weighted by Crippen LogP contribution is -2.60. The van der Waals surface area contributed by atoms with Crippen molar-refractivity contribution in [1.82, 2.24) is 14.7 Å². The van der Waals surface area contributed by atoms with Crippen LogP contribution in [0.3, 0.4) is 0 Å². The zero-order valence-corrected chi connectivity index (χ0v) is 74.7. The molecule has 746 valence electrons. The summed E-state index contributed by atoms with van der Waals surface area (Å²) < 4.78 is 73.6. The molecule has 9 aliphatic rings. The zero-order chi connectivity index (χ0) is 99.4. The number of methoxy groups -OCH3 is 1. The molecular weight excluding hydrogens is 1840 g/mol. The van der Waals surface area contributed by atoms with Crippen molar-refractivity contribution in [2.45, 2.75) is 208 Å². The molecule has 0 saturated carbocycles. The number of amides is 6. The lowest BCUT2D eigenvalue weighted by Gasteiger charge is -2.39. The number of nitro groups is 3. The Bertz CT molecular complexity index is 5720. The molecule has 6 saturated heterocycles. The van der Waals surface area contributed by atoms with Crippen molar-refractivity contribution in [1.29, 1.82) is 0 Å². The minimum absolute atomic E-state index is 0.000206. The van der Waals surface area contributed by atoms with Crippen molar-refractivity contribution in [2.75, 3.05) is 81.0 Å². The van der Waals surface area contributed by atoms with Crippen LogP contribution in [-0.4, -0.2) is 326 Å². The number of ether oxygens (including phenoxy) is 13. The first-order valence-corrected chi connectivity index (χ1v) is 44.4. The fraction of sp³-hybridized carbons (Fsp3) is 0.473. The van der Waals surface area contributed by atoms with Crippen LogP contribution in [0, 0.1) is 44.2 Å². The molecule has 0 bridgehead atoms. The van der Waals surface area contributed by atoms with Crippen molar-refractivity contribution < 1.29 is 177 Å². The number of aryl methyl sites for hydroxylation is 2. The Morgan fingerprint density at radius 3 is 1.20 bits per heavy atom. The molecule has 0 radical (unpaired) electrons. The van der Waals surface area contributed by atoms with Crippen LogP contribution >= 0.6 is 0 Å². The third-order valence-electron chi connectivity index (χ3n) is 25.4. The highest BCUT2D eigenvalue weighted by atomic mass is 16.7. The SMILES string of the molecule is COc1cc2c(cc1OCCCOc1cc3c(cc1C)C(=O)N1CCC[C@H]1CN3C(=O)OCc1ccc(O[C@@H]3O[C@H](CO)[C@H](O)[C@H](O)[C@H]3O)c([N+](=O)[O-])c1)N(C(=O)OCc1ccc(O[C@@H]3O[C@H](CO)[C@H](O)[C@H](O)[C@H]3O)c([N+](=O)[O-])c1)C(O)[C@@H]1CCCN1C2=O.Cc1cc2c(cc1OCc1ccccc1)N(C(=O)OCc1ccc(O[C@@H]3O[C@H](CO)[C@H](O)[C@H](O)[C@H]3O)c([N+](=O)[O-])c1)C(O)[C@@H]1CCCN1C2=O. The van der Waals surface area contributed by atoms with Gasteiger partial charge in [-0.2, -0.15) is 0 Å². The van der Waals surface area contributed by atoms with Crippen molar-refractivity contribution in [2.24, 2.45) is 0 Å². The Balaban J connectivity index is 0.000000247. The van der Waals surface area contributed by atoms with Crippen molar-refractivity contribution in [3.63, 3.8) is 0 Å². The molecule has 16 rings (SSSR count). The molecular formula is C91H103N9O39. The summed E-state index contributed by atoms with van der Waals surface area (Å²) in [7, 11) is 1.34. The van der Waals surface area contributed by atoms with Gasteiger partial charge >= 0.3 is 35.3 Å². The molecule has 9 heterocycles. The van der Waals surface area contributed by atoms with Gasteiger partial charge in [-0.05, 0) is 122 Å². The van der Waals surface area contributed by atoms with Gasteiger partial charge in [0.2, 0.25) is 18.9 Å². The van der Waals surface area contributed by atoms with E-state index in [1.807, 2.05) is 30.3 Å². The highest BCUT2D eigenvalue weighted by molar-refractivity contribution is 6.08. The molecule has 48 heteroatoms. The summed E-state index contributed by atoms with van der Waals surface area (Å²) in [5.74, 6) is -1.59. The Morgan fingerprint density at radius 1 is 0.403 bits per heavy atom. The van der Waals surface area contributed by atoms with Gasteiger partial charge in [0.25, 0.3) is 17.7 Å². The van der Waals surface area contributed by atoms with E-state index in [2.05, 4.69) is 0 Å². The molecule has 0 aliphatic carbocycles. The number of nitrogens with zero attached hydrogens (tertiary/aromatic N) is 9. The van der Waals surface area contributed by atoms with E-state index in [0.717, 1.165) is 45.7 Å². The third kappa shape index (κ3) is 21.0. The van der Waals surface area contributed by atoms with Crippen LogP contribution in [0.25, 0.3) is 0 Å². The number of carbonyl (C=O) groups is 6. The Kier molecular flexibility index (Phi) is 31.1. The summed E-state index contributed by atoms with van der Waals surface area (Å²) in [5, 5.41) is 180. The fourth-order valence-corrected chi connectivity index (χ4v) is 18.0. The second kappa shape index (κ2) is 43.1. The molecule has 7 aromatic rings. The van der Waals surface area contributed by atoms with E-state index in [-0.39, 0.29) is 125 Å². The number of hydrogen-bond donors (Lipinski definition) is 14. The minimum atomic E-state index is -1.87. The average Bonchev–Trinajstić information content (AvgIpc) is 1.61. The Labute approximate surface area is 789 Å². The van der Waals surface area contributed by atoms with E-state index in [1.54, 1.807) is 36.9 Å². The van der Waals surface area contributed by atoms with Crippen LogP contribution < -0.4 is 47.9 Å². The number of carbonyl (C=O) groups excluding carboxylic acids is 6. The largest absolute Gasteiger partial charge is 0.493 e. The van der Waals surface area contributed by atoms with Crippen molar-refractivity contribution >= 4 is 70.1 Å². The monoisotopic (exact) mass is 1950 g/mol. The maximum atomic E-state index is 14.2. The van der Waals surface area contributed by atoms with Gasteiger partial charge in [0.15, 0.2) is 41.2 Å². The fourth-order valence-electron chi connectivity index (χ4n) is 18.0. The van der Waals surface area contributed by atoms with E-state index >= 15 is 0 Å². The molecule has 0 spiro atoms. The molecule has 6 fully saturated rings. The molecule has 0 aromatic heterocycles. The first-order chi connectivity index (χ1) is 66.6. The summed E-state index contributed by atoms with van der Waals surface area (Å²) in [6.07, 6.45) is -27.9. The van der Waals surface area contributed by atoms with E-state index < -0.39 is 224 Å². The Hall–Kier alpha value is -13.1. The van der Waals surface area contributed by atoms with Gasteiger partial charge in [0.1, 0.15) is 111 Å². The molecule has 9 aliphatic heterocycles. The van der Waals surface area contributed by atoms with Crippen LogP contribution in [0.2, 0.25) is 0 Å². The van der Waals surface area contributed by atoms with Crippen LogP contribution in [0.4, 0.5) is 48.5 Å². The van der Waals surface area contributed by atoms with Crippen LogP contribution in [0.15, 0.2) is 121 Å². The predicted molar refractivity (Wildman–Crippen MR) is 471 cm³/mol. The van der Waals surface area contributed by atoms with E-state index in [1.165, 1.54) is 64.3 Å². The second-order valence-electron chi connectivity index (χ2n) is 34.3. The summed E-state index contributed by atoms with van der Waals surface area (Å²) in [6, 6.07) is 27.0. The van der Waals surface area contributed by atoms with Crippen LogP contribution in [-0.2, 0) is 54.8 Å². The minimum Gasteiger partial charge on any atom is -0.493 e. The standard InChI is InChI=1S/C57H66N6O26.C34H37N3O13/c1-27-16-31-34(60(22-30-6-3-12-58(30)51(31)72)56(75)84-25-28-8-10-38(36(17-28)62(77)78)86-54-49(70)47(68)45(66)43(23-64)88-54)20-40(27)82-14-5-15-83-42-21-35-32(19-41(42)81-2)52(73)59-13-4-7-33(59)53(74)61(35)57(76)85-26-29-9-11-39(37(18-29)63(79)80)87-55-50(71)48(69)46(67)44(24-65)89-55;1-18-12-21-23(14-26(18)47-16-19-6-3-2-4-7-19)36(32(43)22-8-5-11-35(22)31(21)42)34(44)48-17-20-9-10-25(24(13-20)37(45)46)49-33-30(41)29(40)28(39)27(15-38)50-33/h8-11,16-21,30,33,43-50,53-55,64-71,74H,3-7,12-15,22-26H2,1-2H3;2-4,6-7,9-10,12-14,22,27-30,32-33,38-41,43H,5,8,11,15-17H2,1H3/t30-,33-,43+,44+,45-,46-,47-,48-,49+,50+,53?,54+,55+;22-,27+,28-,29-,30+,32?,33+/m00/s1. The van der Waals surface area contributed by atoms with Gasteiger partial charge in [0.05, 0.1) is 107 Å². The summed E-state index contributed by atoms with van der Waals surface area (Å²) in [6.45, 7) is 0.952. The van der Waals surface area contributed by atoms with Gasteiger partial charge in [-0.25, -0.2) is 24.2 Å². The van der Waals surface area contributed by atoms with E-state index in [4.69, 9.17) is 61.6 Å². The molecule has 48 nitrogen and oxygen atoms in total. The smallest absolute Gasteiger partial charge is 0.416 e. The summed E-state index contributed by atoms with van der Waals surface area (Å²) >= 11 is 0. The lowest BCUT2D eigenvalue weighted by molar-refractivity contribution is -0.387. The molecule has 139 heavy (non-hydrogen) atoms. The topological polar surface area (TPSA) is 654 Å². The molecule has 2 unspecified atom stereocenters. The first kappa shape index (κ1) is 100. The zero-order valence-electron chi connectivity index (χ0n) is 74.7. The molecule has 6 amide bonds. The lowest BCUT2D eigenvalue weighted by atomic mass is 9.99. The first-order valence-electron chi connectivity index (χ1n) is 44.4. The van der Waals surface area contributed by atoms with Crippen molar-refractivity contribution in [3.8, 4) is 40.2 Å². The van der Waals surface area contributed by atoms with Gasteiger partial charge < -0.3 is 148 Å². The normalized spacial score (nSPS) is 26.9. The summed E-state index contributed by atoms with van der Waals surface area (Å²) in [5.41, 5.74) is 1.03. The third-order valence-corrected chi connectivity index (χ3v) is 25.4. The van der Waals surface area contributed by atoms with Crippen molar-refractivity contribution in [3.05, 3.63) is 202 Å². The number of aliphatic hydroxyl groups excluding tert-OH is 14. The number of aliphatic hydroxyl groups is 14.